The SMILES string of the molecule is Cc1ccc(C(C)NC(=O)c2n[nH]c3ccc([N+](=O)[O-])cc23)o1. The van der Waals surface area contributed by atoms with Crippen LogP contribution in [0.2, 0.25) is 0 Å². The maximum absolute atomic E-state index is 12.4. The van der Waals surface area contributed by atoms with E-state index in [4.69, 9.17) is 4.42 Å². The van der Waals surface area contributed by atoms with E-state index in [9.17, 15) is 14.9 Å². The van der Waals surface area contributed by atoms with Gasteiger partial charge in [0.25, 0.3) is 11.6 Å². The Morgan fingerprint density at radius 1 is 1.39 bits per heavy atom. The summed E-state index contributed by atoms with van der Waals surface area (Å²) >= 11 is 0. The second-order valence-electron chi connectivity index (χ2n) is 5.20. The van der Waals surface area contributed by atoms with Gasteiger partial charge in [-0.15, -0.1) is 0 Å². The molecule has 2 aromatic heterocycles. The second kappa shape index (κ2) is 5.56. The average molecular weight is 314 g/mol. The molecule has 0 aliphatic carbocycles. The van der Waals surface area contributed by atoms with E-state index in [0.717, 1.165) is 5.76 Å². The number of nitrogens with one attached hydrogen (secondary N) is 2. The number of carbonyl (C=O) groups excluding carboxylic acids is 1. The number of nitro groups is 1. The minimum absolute atomic E-state index is 0.0948. The van der Waals surface area contributed by atoms with Crippen molar-refractivity contribution in [2.75, 3.05) is 0 Å². The van der Waals surface area contributed by atoms with Gasteiger partial charge in [-0.25, -0.2) is 0 Å². The number of aromatic nitrogens is 2. The standard InChI is InChI=1S/C15H14N4O4/c1-8-3-6-13(23-8)9(2)16-15(20)14-11-7-10(19(21)22)4-5-12(11)17-18-14/h3-7,9H,1-2H3,(H,16,20)(H,17,18). The number of nitro benzene ring substituents is 1. The largest absolute Gasteiger partial charge is 0.464 e. The van der Waals surface area contributed by atoms with E-state index in [1.54, 1.807) is 13.0 Å². The molecule has 8 nitrogen and oxygen atoms in total. The average Bonchev–Trinajstić information content (AvgIpc) is 3.12. The Morgan fingerprint density at radius 2 is 2.17 bits per heavy atom. The van der Waals surface area contributed by atoms with Gasteiger partial charge in [0.2, 0.25) is 0 Å². The smallest absolute Gasteiger partial charge is 0.273 e. The summed E-state index contributed by atoms with van der Waals surface area (Å²) in [7, 11) is 0. The summed E-state index contributed by atoms with van der Waals surface area (Å²) in [5.74, 6) is 0.946. The third kappa shape index (κ3) is 2.78. The lowest BCUT2D eigenvalue weighted by molar-refractivity contribution is -0.384. The zero-order valence-electron chi connectivity index (χ0n) is 12.5. The van der Waals surface area contributed by atoms with Crippen LogP contribution >= 0.6 is 0 Å². The van der Waals surface area contributed by atoms with E-state index in [-0.39, 0.29) is 17.4 Å². The Morgan fingerprint density at radius 3 is 2.83 bits per heavy atom. The summed E-state index contributed by atoms with van der Waals surface area (Å²) < 4.78 is 5.47. The van der Waals surface area contributed by atoms with Gasteiger partial charge in [0.05, 0.1) is 16.5 Å². The number of non-ortho nitro benzene ring substituents is 1. The van der Waals surface area contributed by atoms with Crippen LogP contribution in [-0.2, 0) is 0 Å². The van der Waals surface area contributed by atoms with Crippen LogP contribution < -0.4 is 5.32 Å². The van der Waals surface area contributed by atoms with Crippen molar-refractivity contribution in [1.82, 2.24) is 15.5 Å². The molecule has 1 atom stereocenters. The third-order valence-corrected chi connectivity index (χ3v) is 3.51. The minimum Gasteiger partial charge on any atom is -0.464 e. The molecule has 23 heavy (non-hydrogen) atoms. The summed E-state index contributed by atoms with van der Waals surface area (Å²) in [4.78, 5) is 22.7. The van der Waals surface area contributed by atoms with Gasteiger partial charge >= 0.3 is 0 Å². The number of furan rings is 1. The van der Waals surface area contributed by atoms with Crippen LogP contribution in [0.25, 0.3) is 10.9 Å². The molecular formula is C15H14N4O4. The molecule has 2 heterocycles. The molecule has 0 fully saturated rings. The van der Waals surface area contributed by atoms with Gasteiger partial charge in [-0.05, 0) is 32.0 Å². The molecule has 3 rings (SSSR count). The molecule has 0 aliphatic heterocycles. The highest BCUT2D eigenvalue weighted by atomic mass is 16.6. The van der Waals surface area contributed by atoms with Gasteiger partial charge in [0.15, 0.2) is 5.69 Å². The number of aryl methyl sites for hydroxylation is 1. The lowest BCUT2D eigenvalue weighted by Gasteiger charge is -2.10. The molecule has 0 saturated heterocycles. The van der Waals surface area contributed by atoms with Gasteiger partial charge in [-0.3, -0.25) is 20.0 Å². The number of hydrogen-bond donors (Lipinski definition) is 2. The van der Waals surface area contributed by atoms with Crippen LogP contribution in [0.5, 0.6) is 0 Å². The number of nitrogens with zero attached hydrogens (tertiary/aromatic N) is 2. The quantitative estimate of drug-likeness (QED) is 0.567. The van der Waals surface area contributed by atoms with E-state index in [2.05, 4.69) is 15.5 Å². The van der Waals surface area contributed by atoms with Crippen molar-refractivity contribution in [2.45, 2.75) is 19.9 Å². The molecule has 2 N–H and O–H groups in total. The Kier molecular flexibility index (Phi) is 3.57. The molecule has 0 aliphatic rings. The van der Waals surface area contributed by atoms with Crippen molar-refractivity contribution in [3.05, 3.63) is 57.7 Å². The van der Waals surface area contributed by atoms with Crippen LogP contribution in [0.3, 0.4) is 0 Å². The third-order valence-electron chi connectivity index (χ3n) is 3.51. The molecule has 1 aromatic carbocycles. The lowest BCUT2D eigenvalue weighted by Crippen LogP contribution is -2.26. The first-order valence-electron chi connectivity index (χ1n) is 6.95. The van der Waals surface area contributed by atoms with E-state index >= 15 is 0 Å². The van der Waals surface area contributed by atoms with Crippen LogP contribution in [-0.4, -0.2) is 21.0 Å². The fourth-order valence-corrected chi connectivity index (χ4v) is 2.31. The van der Waals surface area contributed by atoms with Crippen molar-refractivity contribution in [3.8, 4) is 0 Å². The molecule has 118 valence electrons. The summed E-state index contributed by atoms with van der Waals surface area (Å²) in [5, 5.41) is 20.7. The van der Waals surface area contributed by atoms with Crippen molar-refractivity contribution < 1.29 is 14.1 Å². The Bertz CT molecular complexity index is 896. The number of H-pyrrole nitrogens is 1. The maximum atomic E-state index is 12.4. The number of carbonyl (C=O) groups is 1. The van der Waals surface area contributed by atoms with Crippen LogP contribution in [0.4, 0.5) is 5.69 Å². The van der Waals surface area contributed by atoms with E-state index in [1.807, 2.05) is 13.0 Å². The highest BCUT2D eigenvalue weighted by molar-refractivity contribution is 6.05. The fraction of sp³-hybridized carbons (Fsp3) is 0.200. The number of rotatable bonds is 4. The molecule has 0 saturated carbocycles. The molecule has 3 aromatic rings. The second-order valence-corrected chi connectivity index (χ2v) is 5.20. The number of amides is 1. The Balaban J connectivity index is 1.88. The first-order chi connectivity index (χ1) is 11.0. The van der Waals surface area contributed by atoms with Crippen molar-refractivity contribution >= 4 is 22.5 Å². The van der Waals surface area contributed by atoms with Crippen molar-refractivity contribution in [1.29, 1.82) is 0 Å². The van der Waals surface area contributed by atoms with E-state index < -0.39 is 10.8 Å². The summed E-state index contributed by atoms with van der Waals surface area (Å²) in [5.41, 5.74) is 0.573. The van der Waals surface area contributed by atoms with Gasteiger partial charge in [-0.1, -0.05) is 0 Å². The first-order valence-corrected chi connectivity index (χ1v) is 6.95. The Labute approximate surface area is 130 Å². The number of benzene rings is 1. The molecule has 8 heteroatoms. The molecular weight excluding hydrogens is 300 g/mol. The first kappa shape index (κ1) is 14.8. The number of aromatic amines is 1. The zero-order chi connectivity index (χ0) is 16.6. The van der Waals surface area contributed by atoms with Crippen LogP contribution in [0.1, 0.15) is 35.0 Å². The van der Waals surface area contributed by atoms with Gasteiger partial charge in [0, 0.05) is 17.5 Å². The topological polar surface area (TPSA) is 114 Å². The predicted molar refractivity (Wildman–Crippen MR) is 82.1 cm³/mol. The molecule has 1 unspecified atom stereocenters. The van der Waals surface area contributed by atoms with E-state index in [0.29, 0.717) is 16.7 Å². The highest BCUT2D eigenvalue weighted by Crippen LogP contribution is 2.23. The molecule has 1 amide bonds. The highest BCUT2D eigenvalue weighted by Gasteiger charge is 2.20. The van der Waals surface area contributed by atoms with Gasteiger partial charge < -0.3 is 9.73 Å². The fourth-order valence-electron chi connectivity index (χ4n) is 2.31. The number of hydrogen-bond acceptors (Lipinski definition) is 5. The lowest BCUT2D eigenvalue weighted by atomic mass is 10.1. The summed E-state index contributed by atoms with van der Waals surface area (Å²) in [6.07, 6.45) is 0. The normalized spacial score (nSPS) is 12.3. The van der Waals surface area contributed by atoms with E-state index in [1.165, 1.54) is 18.2 Å². The van der Waals surface area contributed by atoms with Crippen LogP contribution in [0, 0.1) is 17.0 Å². The minimum atomic E-state index is -0.512. The molecule has 0 bridgehead atoms. The summed E-state index contributed by atoms with van der Waals surface area (Å²) in [6.45, 7) is 3.60. The predicted octanol–water partition coefficient (Wildman–Crippen LogP) is 2.86. The summed E-state index contributed by atoms with van der Waals surface area (Å²) in [6, 6.07) is 7.46. The van der Waals surface area contributed by atoms with Gasteiger partial charge in [0.1, 0.15) is 11.5 Å². The zero-order valence-corrected chi connectivity index (χ0v) is 12.5. The number of fused-ring (bicyclic) bond motifs is 1. The van der Waals surface area contributed by atoms with Crippen molar-refractivity contribution in [3.63, 3.8) is 0 Å². The Hall–Kier alpha value is -3.16. The maximum Gasteiger partial charge on any atom is 0.273 e. The van der Waals surface area contributed by atoms with Crippen molar-refractivity contribution in [2.24, 2.45) is 0 Å². The van der Waals surface area contributed by atoms with Gasteiger partial charge in [-0.2, -0.15) is 5.10 Å². The molecule has 0 spiro atoms. The van der Waals surface area contributed by atoms with Crippen LogP contribution in [0.15, 0.2) is 34.7 Å². The molecule has 0 radical (unpaired) electrons. The monoisotopic (exact) mass is 314 g/mol.